The molecule has 0 N–H and O–H groups in total. The number of hydrogen-bond donors (Lipinski definition) is 0. The average molecular weight is 180 g/mol. The summed E-state index contributed by atoms with van der Waals surface area (Å²) < 4.78 is 5.38. The second kappa shape index (κ2) is 5.70. The molecule has 0 saturated heterocycles. The van der Waals surface area contributed by atoms with E-state index >= 15 is 0 Å². The number of allylic oxidation sites excluding steroid dienone is 2. The summed E-state index contributed by atoms with van der Waals surface area (Å²) >= 11 is 0. The molecule has 0 bridgehead atoms. The average Bonchev–Trinajstić information content (AvgIpc) is 2.11. The molecule has 0 heterocycles. The van der Waals surface area contributed by atoms with Crippen LogP contribution in [0.15, 0.2) is 24.8 Å². The molecule has 0 unspecified atom stereocenters. The van der Waals surface area contributed by atoms with Crippen LogP contribution in [0.25, 0.3) is 0 Å². The van der Waals surface area contributed by atoms with Gasteiger partial charge < -0.3 is 4.74 Å². The highest BCUT2D eigenvalue weighted by atomic mass is 16.5. The first kappa shape index (κ1) is 10.2. The van der Waals surface area contributed by atoms with Gasteiger partial charge in [0.2, 0.25) is 0 Å². The first-order valence-electron chi connectivity index (χ1n) is 4.75. The summed E-state index contributed by atoms with van der Waals surface area (Å²) in [5.74, 6) is 0.228. The predicted molar refractivity (Wildman–Crippen MR) is 52.6 cm³/mol. The smallest absolute Gasteiger partial charge is 0.161 e. The van der Waals surface area contributed by atoms with Gasteiger partial charge in [0.15, 0.2) is 5.78 Å². The Morgan fingerprint density at radius 3 is 3.08 bits per heavy atom. The van der Waals surface area contributed by atoms with Crippen molar-refractivity contribution in [2.45, 2.75) is 31.8 Å². The molecule has 1 aliphatic rings. The molecule has 0 radical (unpaired) electrons. The van der Waals surface area contributed by atoms with E-state index in [0.717, 1.165) is 19.3 Å². The van der Waals surface area contributed by atoms with Crippen molar-refractivity contribution in [2.24, 2.45) is 0 Å². The van der Waals surface area contributed by atoms with E-state index in [2.05, 4.69) is 18.7 Å². The molecule has 1 rings (SSSR count). The minimum Gasteiger partial charge on any atom is -0.366 e. The van der Waals surface area contributed by atoms with Gasteiger partial charge in [-0.15, -0.1) is 6.58 Å². The zero-order valence-corrected chi connectivity index (χ0v) is 7.87. The minimum atomic E-state index is -0.206. The van der Waals surface area contributed by atoms with E-state index in [-0.39, 0.29) is 11.9 Å². The zero-order chi connectivity index (χ0) is 9.52. The second-order valence-electron chi connectivity index (χ2n) is 3.16. The first-order chi connectivity index (χ1) is 6.34. The Hall–Kier alpha value is -0.890. The van der Waals surface area contributed by atoms with Gasteiger partial charge in [-0.2, -0.15) is 0 Å². The third-order valence-corrected chi connectivity index (χ3v) is 2.09. The lowest BCUT2D eigenvalue weighted by molar-refractivity contribution is -0.130. The van der Waals surface area contributed by atoms with E-state index in [1.807, 2.05) is 0 Å². The molecule has 0 aromatic carbocycles. The van der Waals surface area contributed by atoms with Crippen LogP contribution in [0, 0.1) is 0 Å². The molecule has 0 fully saturated rings. The van der Waals surface area contributed by atoms with Crippen molar-refractivity contribution in [3.05, 3.63) is 24.8 Å². The standard InChI is InChI=1S/C11H16O2/c1-2-9-13-11-8-6-4-3-5-7-10(11)12/h2-4,11H,1,5-9H2/t11-/m0/s1. The number of carbonyl (C=O) groups is 1. The van der Waals surface area contributed by atoms with Gasteiger partial charge in [0.1, 0.15) is 6.10 Å². The summed E-state index contributed by atoms with van der Waals surface area (Å²) in [4.78, 5) is 11.5. The van der Waals surface area contributed by atoms with Crippen molar-refractivity contribution in [1.29, 1.82) is 0 Å². The summed E-state index contributed by atoms with van der Waals surface area (Å²) in [5, 5.41) is 0. The van der Waals surface area contributed by atoms with Crippen molar-refractivity contribution in [2.75, 3.05) is 6.61 Å². The Bertz CT molecular complexity index is 206. The highest BCUT2D eigenvalue weighted by molar-refractivity contribution is 5.83. The highest BCUT2D eigenvalue weighted by Gasteiger charge is 2.17. The van der Waals surface area contributed by atoms with Gasteiger partial charge in [-0.25, -0.2) is 0 Å². The van der Waals surface area contributed by atoms with Gasteiger partial charge in [0.25, 0.3) is 0 Å². The van der Waals surface area contributed by atoms with Gasteiger partial charge in [-0.05, 0) is 19.3 Å². The summed E-state index contributed by atoms with van der Waals surface area (Å²) in [5.41, 5.74) is 0. The van der Waals surface area contributed by atoms with Gasteiger partial charge >= 0.3 is 0 Å². The Morgan fingerprint density at radius 2 is 2.31 bits per heavy atom. The third kappa shape index (κ3) is 3.55. The summed E-state index contributed by atoms with van der Waals surface area (Å²) in [7, 11) is 0. The number of ether oxygens (including phenoxy) is 1. The fourth-order valence-electron chi connectivity index (χ4n) is 1.39. The van der Waals surface area contributed by atoms with Crippen molar-refractivity contribution >= 4 is 5.78 Å². The zero-order valence-electron chi connectivity index (χ0n) is 7.87. The number of ketones is 1. The molecule has 0 aromatic heterocycles. The topological polar surface area (TPSA) is 26.3 Å². The first-order valence-corrected chi connectivity index (χ1v) is 4.75. The number of carbonyl (C=O) groups excluding carboxylic acids is 1. The molecular weight excluding hydrogens is 164 g/mol. The number of Topliss-reactive ketones (excluding diaryl/α,β-unsaturated/α-hetero) is 1. The summed E-state index contributed by atoms with van der Waals surface area (Å²) in [6, 6.07) is 0. The molecule has 0 saturated carbocycles. The largest absolute Gasteiger partial charge is 0.366 e. The lowest BCUT2D eigenvalue weighted by Gasteiger charge is -2.16. The van der Waals surface area contributed by atoms with Crippen LogP contribution in [0.3, 0.4) is 0 Å². The molecule has 1 atom stereocenters. The van der Waals surface area contributed by atoms with Crippen molar-refractivity contribution in [3.63, 3.8) is 0 Å². The molecule has 1 aliphatic carbocycles. The highest BCUT2D eigenvalue weighted by Crippen LogP contribution is 2.12. The molecule has 0 spiro atoms. The van der Waals surface area contributed by atoms with Crippen LogP contribution < -0.4 is 0 Å². The monoisotopic (exact) mass is 180 g/mol. The van der Waals surface area contributed by atoms with Gasteiger partial charge in [-0.1, -0.05) is 18.2 Å². The van der Waals surface area contributed by atoms with Gasteiger partial charge in [0, 0.05) is 6.42 Å². The molecule has 0 aromatic rings. The van der Waals surface area contributed by atoms with E-state index in [1.54, 1.807) is 6.08 Å². The van der Waals surface area contributed by atoms with E-state index in [9.17, 15) is 4.79 Å². The minimum absolute atomic E-state index is 0.206. The van der Waals surface area contributed by atoms with Crippen LogP contribution in [0.1, 0.15) is 25.7 Å². The molecule has 0 amide bonds. The second-order valence-corrected chi connectivity index (χ2v) is 3.16. The Labute approximate surface area is 79.3 Å². The van der Waals surface area contributed by atoms with E-state index in [4.69, 9.17) is 4.74 Å². The maximum Gasteiger partial charge on any atom is 0.161 e. The Balaban J connectivity index is 2.43. The molecule has 0 aliphatic heterocycles. The molecule has 13 heavy (non-hydrogen) atoms. The van der Waals surface area contributed by atoms with Crippen LogP contribution in [-0.4, -0.2) is 18.5 Å². The summed E-state index contributed by atoms with van der Waals surface area (Å²) in [6.45, 7) is 4.03. The van der Waals surface area contributed by atoms with Crippen molar-refractivity contribution in [1.82, 2.24) is 0 Å². The maximum absolute atomic E-state index is 11.5. The Kier molecular flexibility index (Phi) is 4.47. The lowest BCUT2D eigenvalue weighted by Crippen LogP contribution is -2.24. The third-order valence-electron chi connectivity index (χ3n) is 2.09. The molecular formula is C11H16O2. The molecule has 72 valence electrons. The Morgan fingerprint density at radius 1 is 1.54 bits per heavy atom. The van der Waals surface area contributed by atoms with Crippen LogP contribution >= 0.6 is 0 Å². The lowest BCUT2D eigenvalue weighted by atomic mass is 10.0. The molecule has 2 heteroatoms. The van der Waals surface area contributed by atoms with Crippen molar-refractivity contribution in [3.8, 4) is 0 Å². The van der Waals surface area contributed by atoms with Crippen LogP contribution in [-0.2, 0) is 9.53 Å². The van der Waals surface area contributed by atoms with E-state index < -0.39 is 0 Å². The fourth-order valence-corrected chi connectivity index (χ4v) is 1.39. The van der Waals surface area contributed by atoms with Crippen LogP contribution in [0.4, 0.5) is 0 Å². The number of hydrogen-bond acceptors (Lipinski definition) is 2. The summed E-state index contributed by atoms with van der Waals surface area (Å²) in [6.07, 6.45) is 8.88. The van der Waals surface area contributed by atoms with E-state index in [1.165, 1.54) is 0 Å². The maximum atomic E-state index is 11.5. The van der Waals surface area contributed by atoms with Gasteiger partial charge in [-0.3, -0.25) is 4.79 Å². The van der Waals surface area contributed by atoms with Crippen LogP contribution in [0.5, 0.6) is 0 Å². The normalized spacial score (nSPS) is 23.7. The van der Waals surface area contributed by atoms with Crippen LogP contribution in [0.2, 0.25) is 0 Å². The fraction of sp³-hybridized carbons (Fsp3) is 0.545. The molecule has 2 nitrogen and oxygen atoms in total. The van der Waals surface area contributed by atoms with E-state index in [0.29, 0.717) is 13.0 Å². The van der Waals surface area contributed by atoms with Gasteiger partial charge in [0.05, 0.1) is 6.61 Å². The van der Waals surface area contributed by atoms with Crippen molar-refractivity contribution < 1.29 is 9.53 Å². The quantitative estimate of drug-likeness (QED) is 0.623. The predicted octanol–water partition coefficient (Wildman–Crippen LogP) is 2.26. The SMILES string of the molecule is C=CCO[C@H]1CCC=CCCC1=O. The number of rotatable bonds is 3.